The molecule has 0 saturated carbocycles. The van der Waals surface area contributed by atoms with Crippen molar-refractivity contribution in [3.8, 4) is 5.75 Å². The number of phenols is 1. The van der Waals surface area contributed by atoms with Crippen molar-refractivity contribution in [1.82, 2.24) is 21.1 Å². The SMILES string of the molecule is COC1CC/C=C/CCCCOC(=O)[C@@H]2CCCN(N2)C(=O)[C@H](Cc2cccc(O)c2)NC(=O)[C@H](C(C)C)NC(=O)[C@@H]1C. The number of rotatable bonds is 4. The third-order valence-electron chi connectivity index (χ3n) is 8.02. The van der Waals surface area contributed by atoms with Gasteiger partial charge < -0.3 is 25.2 Å². The zero-order valence-corrected chi connectivity index (χ0v) is 25.8. The van der Waals surface area contributed by atoms with Crippen molar-refractivity contribution in [3.63, 3.8) is 0 Å². The van der Waals surface area contributed by atoms with Crippen LogP contribution in [0.15, 0.2) is 36.4 Å². The lowest BCUT2D eigenvalue weighted by atomic mass is 9.96. The van der Waals surface area contributed by atoms with Gasteiger partial charge in [-0.3, -0.25) is 24.2 Å². The minimum atomic E-state index is -1.02. The molecule has 0 aromatic heterocycles. The Balaban J connectivity index is 1.88. The molecule has 0 aliphatic carbocycles. The molecule has 2 aliphatic rings. The molecule has 3 amide bonds. The Hall–Kier alpha value is -3.44. The summed E-state index contributed by atoms with van der Waals surface area (Å²) in [6, 6.07) is 3.89. The second kappa shape index (κ2) is 17.0. The van der Waals surface area contributed by atoms with Gasteiger partial charge >= 0.3 is 5.97 Å². The third-order valence-corrected chi connectivity index (χ3v) is 8.02. The number of benzene rings is 1. The highest BCUT2D eigenvalue weighted by molar-refractivity contribution is 5.93. The number of carbonyl (C=O) groups excluding carboxylic acids is 4. The second-order valence-electron chi connectivity index (χ2n) is 11.8. The molecule has 11 heteroatoms. The van der Waals surface area contributed by atoms with Crippen LogP contribution in [0.3, 0.4) is 0 Å². The van der Waals surface area contributed by atoms with Gasteiger partial charge in [-0.2, -0.15) is 0 Å². The summed E-state index contributed by atoms with van der Waals surface area (Å²) in [6.45, 7) is 6.08. The lowest BCUT2D eigenvalue weighted by Gasteiger charge is -2.35. The van der Waals surface area contributed by atoms with Crippen molar-refractivity contribution in [2.24, 2.45) is 11.8 Å². The van der Waals surface area contributed by atoms with Gasteiger partial charge in [0.25, 0.3) is 5.91 Å². The van der Waals surface area contributed by atoms with Gasteiger partial charge in [-0.15, -0.1) is 0 Å². The number of amides is 3. The Kier molecular flexibility index (Phi) is 13.5. The summed E-state index contributed by atoms with van der Waals surface area (Å²) in [5.74, 6) is -2.37. The van der Waals surface area contributed by atoms with Gasteiger partial charge in [0.2, 0.25) is 11.8 Å². The van der Waals surface area contributed by atoms with Gasteiger partial charge in [-0.25, -0.2) is 5.43 Å². The summed E-state index contributed by atoms with van der Waals surface area (Å²) < 4.78 is 11.1. The van der Waals surface area contributed by atoms with E-state index in [4.69, 9.17) is 9.47 Å². The number of cyclic esters (lactones) is 1. The van der Waals surface area contributed by atoms with Crippen LogP contribution in [0.1, 0.15) is 71.3 Å². The number of methoxy groups -OCH3 is 1. The maximum Gasteiger partial charge on any atom is 0.324 e. The van der Waals surface area contributed by atoms with E-state index in [9.17, 15) is 24.3 Å². The molecule has 0 spiro atoms. The number of hydrazine groups is 1. The number of esters is 1. The summed E-state index contributed by atoms with van der Waals surface area (Å²) in [6.07, 6.45) is 8.84. The highest BCUT2D eigenvalue weighted by Gasteiger charge is 2.36. The van der Waals surface area contributed by atoms with Gasteiger partial charge in [-0.1, -0.05) is 45.1 Å². The molecule has 1 fully saturated rings. The van der Waals surface area contributed by atoms with Crippen LogP contribution in [-0.4, -0.2) is 78.3 Å². The van der Waals surface area contributed by atoms with Crippen molar-refractivity contribution < 1.29 is 33.8 Å². The molecule has 238 valence electrons. The van der Waals surface area contributed by atoms with E-state index in [2.05, 4.69) is 28.2 Å². The molecule has 0 radical (unpaired) electrons. The Labute approximate surface area is 254 Å². The number of allylic oxidation sites excluding steroid dienone is 2. The first-order valence-corrected chi connectivity index (χ1v) is 15.4. The van der Waals surface area contributed by atoms with E-state index in [0.29, 0.717) is 38.0 Å². The van der Waals surface area contributed by atoms with E-state index in [-0.39, 0.29) is 30.1 Å². The maximum atomic E-state index is 13.8. The molecule has 1 aromatic carbocycles. The number of nitrogens with zero attached hydrogens (tertiary/aromatic N) is 1. The minimum absolute atomic E-state index is 0.0399. The molecule has 4 N–H and O–H groups in total. The number of fused-ring (bicyclic) bond motifs is 2. The highest BCUT2D eigenvalue weighted by Crippen LogP contribution is 2.18. The minimum Gasteiger partial charge on any atom is -0.508 e. The van der Waals surface area contributed by atoms with Crippen molar-refractivity contribution in [3.05, 3.63) is 42.0 Å². The van der Waals surface area contributed by atoms with E-state index in [1.807, 2.05) is 13.8 Å². The number of carbonyl (C=O) groups is 4. The zero-order valence-electron chi connectivity index (χ0n) is 25.8. The van der Waals surface area contributed by atoms with Gasteiger partial charge in [0, 0.05) is 20.1 Å². The Morgan fingerprint density at radius 3 is 2.51 bits per heavy atom. The van der Waals surface area contributed by atoms with Crippen molar-refractivity contribution in [2.45, 2.75) is 96.4 Å². The monoisotopic (exact) mass is 600 g/mol. The lowest BCUT2D eigenvalue weighted by molar-refractivity contribution is -0.153. The number of ether oxygens (including phenoxy) is 2. The third kappa shape index (κ3) is 10.4. The smallest absolute Gasteiger partial charge is 0.324 e. The topological polar surface area (TPSA) is 146 Å². The van der Waals surface area contributed by atoms with Crippen molar-refractivity contribution in [2.75, 3.05) is 20.3 Å². The Morgan fingerprint density at radius 2 is 1.79 bits per heavy atom. The molecule has 1 saturated heterocycles. The fourth-order valence-corrected chi connectivity index (χ4v) is 5.38. The Morgan fingerprint density at radius 1 is 1.02 bits per heavy atom. The normalized spacial score (nSPS) is 28.2. The van der Waals surface area contributed by atoms with E-state index < -0.39 is 41.8 Å². The summed E-state index contributed by atoms with van der Waals surface area (Å²) >= 11 is 0. The molecule has 11 nitrogen and oxygen atoms in total. The first-order valence-electron chi connectivity index (χ1n) is 15.4. The first-order chi connectivity index (χ1) is 20.6. The maximum absolute atomic E-state index is 13.8. The highest BCUT2D eigenvalue weighted by atomic mass is 16.5. The Bertz CT molecular complexity index is 1120. The summed E-state index contributed by atoms with van der Waals surface area (Å²) in [7, 11) is 1.58. The number of hydrogen-bond acceptors (Lipinski definition) is 8. The molecule has 5 atom stereocenters. The van der Waals surface area contributed by atoms with Gasteiger partial charge in [0.1, 0.15) is 23.9 Å². The molecule has 2 aliphatic heterocycles. The quantitative estimate of drug-likeness (QED) is 0.305. The van der Waals surface area contributed by atoms with Crippen LogP contribution in [0.25, 0.3) is 0 Å². The largest absolute Gasteiger partial charge is 0.508 e. The average Bonchev–Trinajstić information content (AvgIpc) is 2.99. The van der Waals surface area contributed by atoms with E-state index in [0.717, 1.165) is 25.7 Å². The van der Waals surface area contributed by atoms with Crippen LogP contribution < -0.4 is 16.1 Å². The predicted octanol–water partition coefficient (Wildman–Crippen LogP) is 2.77. The number of hydrogen-bond donors (Lipinski definition) is 4. The van der Waals surface area contributed by atoms with Crippen molar-refractivity contribution in [1.29, 1.82) is 0 Å². The molecule has 43 heavy (non-hydrogen) atoms. The molecule has 1 aromatic rings. The predicted molar refractivity (Wildman–Crippen MR) is 162 cm³/mol. The van der Waals surface area contributed by atoms with E-state index in [1.165, 1.54) is 17.1 Å². The van der Waals surface area contributed by atoms with Gasteiger partial charge in [0.05, 0.1) is 18.6 Å². The molecular formula is C32H48N4O7. The second-order valence-corrected chi connectivity index (χ2v) is 11.8. The van der Waals surface area contributed by atoms with Gasteiger partial charge in [0.15, 0.2) is 0 Å². The average molecular weight is 601 g/mol. The molecule has 2 heterocycles. The first kappa shape index (κ1) is 34.1. The zero-order chi connectivity index (χ0) is 31.4. The standard InChI is InChI=1S/C32H48N4O7/c1-21(2)28-30(39)33-26(20-23-13-11-14-24(37)19-23)31(40)36-17-12-15-25(35-36)32(41)43-18-10-8-6-5-7-9-16-27(42-4)22(3)29(38)34-28/h5,7,11,13-14,19,21-22,25-28,35,37H,6,8-10,12,15-18,20H2,1-4H3,(H,33,39)(H,34,38)/b7-5+/t22-,25+,26+,27?,28+/m1/s1. The van der Waals surface area contributed by atoms with Crippen LogP contribution in [0.4, 0.5) is 0 Å². The molecule has 2 bridgehead atoms. The molecular weight excluding hydrogens is 552 g/mol. The molecule has 3 rings (SSSR count). The van der Waals surface area contributed by atoms with Crippen LogP contribution in [0.2, 0.25) is 0 Å². The van der Waals surface area contributed by atoms with Crippen LogP contribution >= 0.6 is 0 Å². The fourth-order valence-electron chi connectivity index (χ4n) is 5.38. The summed E-state index contributed by atoms with van der Waals surface area (Å²) in [5, 5.41) is 17.1. The lowest BCUT2D eigenvalue weighted by Crippen LogP contribution is -2.62. The fraction of sp³-hybridized carbons (Fsp3) is 0.625. The van der Waals surface area contributed by atoms with Crippen LogP contribution in [0, 0.1) is 11.8 Å². The number of nitrogens with one attached hydrogen (secondary N) is 3. The molecule has 1 unspecified atom stereocenters. The van der Waals surface area contributed by atoms with Crippen molar-refractivity contribution >= 4 is 23.7 Å². The number of aromatic hydroxyl groups is 1. The van der Waals surface area contributed by atoms with Crippen LogP contribution in [0.5, 0.6) is 5.75 Å². The van der Waals surface area contributed by atoms with E-state index >= 15 is 0 Å². The summed E-state index contributed by atoms with van der Waals surface area (Å²) in [5.41, 5.74) is 3.65. The number of phenolic OH excluding ortho intramolecular Hbond substituents is 1. The summed E-state index contributed by atoms with van der Waals surface area (Å²) in [4.78, 5) is 53.6. The van der Waals surface area contributed by atoms with Gasteiger partial charge in [-0.05, 0) is 68.6 Å². The van der Waals surface area contributed by atoms with E-state index in [1.54, 1.807) is 26.2 Å². The van der Waals surface area contributed by atoms with Crippen LogP contribution in [-0.2, 0) is 35.1 Å².